The van der Waals surface area contributed by atoms with E-state index in [4.69, 9.17) is 16.3 Å². The van der Waals surface area contributed by atoms with Crippen LogP contribution in [0.3, 0.4) is 0 Å². The highest BCUT2D eigenvalue weighted by atomic mass is 35.5. The zero-order chi connectivity index (χ0) is 14.5. The zero-order valence-corrected chi connectivity index (χ0v) is 11.4. The number of anilines is 1. The van der Waals surface area contributed by atoms with Crippen LogP contribution in [-0.4, -0.2) is 25.0 Å². The number of ether oxygens (including phenoxy) is 1. The Kier molecular flexibility index (Phi) is 2.72. The van der Waals surface area contributed by atoms with Gasteiger partial charge in [-0.15, -0.1) is 0 Å². The van der Waals surface area contributed by atoms with Gasteiger partial charge in [-0.3, -0.25) is 14.9 Å². The van der Waals surface area contributed by atoms with E-state index in [9.17, 15) is 14.4 Å². The van der Waals surface area contributed by atoms with E-state index in [-0.39, 0.29) is 5.69 Å². The van der Waals surface area contributed by atoms with Crippen LogP contribution in [0.15, 0.2) is 18.2 Å². The summed E-state index contributed by atoms with van der Waals surface area (Å²) < 4.78 is 5.15. The lowest BCUT2D eigenvalue weighted by molar-refractivity contribution is -0.136. The monoisotopic (exact) mass is 294 g/mol. The standard InChI is InChI=1S/C13H11ClN2O4/c1-20-9-3-2-7(14)6-8(9)16-11(18)13(4-5-13)10(17)15-12(16)19/h2-3,6H,4-5H2,1H3,(H,15,17,19). The Labute approximate surface area is 119 Å². The van der Waals surface area contributed by atoms with Gasteiger partial charge in [0, 0.05) is 5.02 Å². The van der Waals surface area contributed by atoms with Gasteiger partial charge in [-0.25, -0.2) is 9.69 Å². The third kappa shape index (κ3) is 1.68. The summed E-state index contributed by atoms with van der Waals surface area (Å²) in [5.41, 5.74) is -0.859. The second-order valence-corrected chi connectivity index (χ2v) is 5.23. The number of barbiturate groups is 1. The van der Waals surface area contributed by atoms with Crippen LogP contribution in [-0.2, 0) is 9.59 Å². The van der Waals surface area contributed by atoms with Crippen molar-refractivity contribution in [3.63, 3.8) is 0 Å². The maximum atomic E-state index is 12.5. The Bertz CT molecular complexity index is 639. The Morgan fingerprint density at radius 3 is 2.60 bits per heavy atom. The number of nitrogens with zero attached hydrogens (tertiary/aromatic N) is 1. The van der Waals surface area contributed by atoms with Gasteiger partial charge in [0.05, 0.1) is 12.8 Å². The van der Waals surface area contributed by atoms with E-state index < -0.39 is 23.3 Å². The number of hydrogen-bond acceptors (Lipinski definition) is 4. The van der Waals surface area contributed by atoms with E-state index in [1.54, 1.807) is 12.1 Å². The van der Waals surface area contributed by atoms with Gasteiger partial charge < -0.3 is 4.74 Å². The zero-order valence-electron chi connectivity index (χ0n) is 10.6. The van der Waals surface area contributed by atoms with Gasteiger partial charge in [0.15, 0.2) is 0 Å². The van der Waals surface area contributed by atoms with Gasteiger partial charge in [-0.1, -0.05) is 11.6 Å². The van der Waals surface area contributed by atoms with Crippen LogP contribution in [0.25, 0.3) is 0 Å². The fourth-order valence-corrected chi connectivity index (χ4v) is 2.46. The topological polar surface area (TPSA) is 75.7 Å². The molecule has 2 aliphatic rings. The van der Waals surface area contributed by atoms with Crippen LogP contribution >= 0.6 is 11.6 Å². The average Bonchev–Trinajstić information content (AvgIpc) is 3.19. The molecule has 1 aromatic carbocycles. The lowest BCUT2D eigenvalue weighted by atomic mass is 10.0. The maximum absolute atomic E-state index is 12.5. The molecule has 0 bridgehead atoms. The molecule has 1 N–H and O–H groups in total. The molecule has 4 amide bonds. The van der Waals surface area contributed by atoms with Gasteiger partial charge in [0.1, 0.15) is 11.2 Å². The molecule has 0 unspecified atom stereocenters. The van der Waals surface area contributed by atoms with Crippen LogP contribution in [0.2, 0.25) is 5.02 Å². The number of halogens is 1. The number of rotatable bonds is 2. The SMILES string of the molecule is COc1ccc(Cl)cc1N1C(=O)NC(=O)C2(CC2)C1=O. The van der Waals surface area contributed by atoms with Gasteiger partial charge in [-0.05, 0) is 31.0 Å². The number of nitrogens with one attached hydrogen (secondary N) is 1. The molecule has 104 valence electrons. The minimum Gasteiger partial charge on any atom is -0.495 e. The molecular weight excluding hydrogens is 284 g/mol. The van der Waals surface area contributed by atoms with Gasteiger partial charge in [0.25, 0.3) is 5.91 Å². The number of methoxy groups -OCH3 is 1. The van der Waals surface area contributed by atoms with Crippen molar-refractivity contribution in [2.75, 3.05) is 12.0 Å². The molecule has 1 saturated carbocycles. The Hall–Kier alpha value is -2.08. The molecule has 7 heteroatoms. The quantitative estimate of drug-likeness (QED) is 0.843. The van der Waals surface area contributed by atoms with E-state index in [1.807, 2.05) is 0 Å². The molecule has 2 fully saturated rings. The van der Waals surface area contributed by atoms with Crippen molar-refractivity contribution in [2.45, 2.75) is 12.8 Å². The van der Waals surface area contributed by atoms with Crippen molar-refractivity contribution in [1.29, 1.82) is 0 Å². The first-order valence-corrected chi connectivity index (χ1v) is 6.41. The molecule has 1 aromatic rings. The number of imide groups is 2. The van der Waals surface area contributed by atoms with Crippen molar-refractivity contribution in [3.8, 4) is 5.75 Å². The van der Waals surface area contributed by atoms with Crippen molar-refractivity contribution in [1.82, 2.24) is 5.32 Å². The number of hydrogen-bond donors (Lipinski definition) is 1. The van der Waals surface area contributed by atoms with Crippen LogP contribution in [0, 0.1) is 5.41 Å². The van der Waals surface area contributed by atoms with Crippen molar-refractivity contribution in [2.24, 2.45) is 5.41 Å². The molecule has 3 rings (SSSR count). The number of amides is 4. The minimum absolute atomic E-state index is 0.237. The second kappa shape index (κ2) is 4.21. The fraction of sp³-hybridized carbons (Fsp3) is 0.308. The third-order valence-corrected chi connectivity index (χ3v) is 3.84. The first-order chi connectivity index (χ1) is 9.49. The molecule has 20 heavy (non-hydrogen) atoms. The highest BCUT2D eigenvalue weighted by Crippen LogP contribution is 2.50. The fourth-order valence-electron chi connectivity index (χ4n) is 2.30. The maximum Gasteiger partial charge on any atom is 0.335 e. The normalized spacial score (nSPS) is 20.1. The van der Waals surface area contributed by atoms with Gasteiger partial charge in [-0.2, -0.15) is 0 Å². The summed E-state index contributed by atoms with van der Waals surface area (Å²) in [6.07, 6.45) is 0.897. The number of carbonyl (C=O) groups is 3. The van der Waals surface area contributed by atoms with Crippen LogP contribution in [0.5, 0.6) is 5.75 Å². The Morgan fingerprint density at radius 2 is 2.00 bits per heavy atom. The molecular formula is C13H11ClN2O4. The molecule has 1 aliphatic heterocycles. The summed E-state index contributed by atoms with van der Waals surface area (Å²) >= 11 is 5.91. The Balaban J connectivity index is 2.09. The molecule has 1 heterocycles. The summed E-state index contributed by atoms with van der Waals surface area (Å²) in [5, 5.41) is 2.57. The average molecular weight is 295 g/mol. The Morgan fingerprint density at radius 1 is 1.30 bits per heavy atom. The van der Waals surface area contributed by atoms with Crippen molar-refractivity contribution < 1.29 is 19.1 Å². The van der Waals surface area contributed by atoms with E-state index in [0.717, 1.165) is 4.90 Å². The van der Waals surface area contributed by atoms with E-state index >= 15 is 0 Å². The number of urea groups is 1. The second-order valence-electron chi connectivity index (χ2n) is 4.80. The third-order valence-electron chi connectivity index (χ3n) is 3.60. The summed E-state index contributed by atoms with van der Waals surface area (Å²) in [5.74, 6) is -0.709. The molecule has 6 nitrogen and oxygen atoms in total. The summed E-state index contributed by atoms with van der Waals surface area (Å²) in [7, 11) is 1.43. The lowest BCUT2D eigenvalue weighted by Crippen LogP contribution is -2.59. The van der Waals surface area contributed by atoms with Crippen molar-refractivity contribution in [3.05, 3.63) is 23.2 Å². The number of carbonyl (C=O) groups excluding carboxylic acids is 3. The molecule has 0 radical (unpaired) electrons. The summed E-state index contributed by atoms with van der Waals surface area (Å²) in [6.45, 7) is 0. The first-order valence-electron chi connectivity index (χ1n) is 6.03. The largest absolute Gasteiger partial charge is 0.495 e. The smallest absolute Gasteiger partial charge is 0.335 e. The minimum atomic E-state index is -1.10. The molecule has 1 spiro atoms. The molecule has 1 aliphatic carbocycles. The number of benzene rings is 1. The predicted molar refractivity (Wildman–Crippen MR) is 70.7 cm³/mol. The molecule has 1 saturated heterocycles. The van der Waals surface area contributed by atoms with E-state index in [1.165, 1.54) is 13.2 Å². The van der Waals surface area contributed by atoms with Crippen molar-refractivity contribution >= 4 is 35.1 Å². The highest BCUT2D eigenvalue weighted by molar-refractivity contribution is 6.33. The van der Waals surface area contributed by atoms with Gasteiger partial charge >= 0.3 is 6.03 Å². The molecule has 0 atom stereocenters. The van der Waals surface area contributed by atoms with Crippen LogP contribution in [0.4, 0.5) is 10.5 Å². The van der Waals surface area contributed by atoms with E-state index in [0.29, 0.717) is 23.6 Å². The lowest BCUT2D eigenvalue weighted by Gasteiger charge is -2.31. The van der Waals surface area contributed by atoms with Crippen LogP contribution < -0.4 is 15.0 Å². The first kappa shape index (κ1) is 12.9. The van der Waals surface area contributed by atoms with Gasteiger partial charge in [0.2, 0.25) is 5.91 Å². The summed E-state index contributed by atoms with van der Waals surface area (Å²) in [6, 6.07) is 3.84. The van der Waals surface area contributed by atoms with Crippen LogP contribution in [0.1, 0.15) is 12.8 Å². The highest BCUT2D eigenvalue weighted by Gasteiger charge is 2.62. The molecule has 0 aromatic heterocycles. The summed E-state index contributed by atoms with van der Waals surface area (Å²) in [4.78, 5) is 37.1. The van der Waals surface area contributed by atoms with E-state index in [2.05, 4.69) is 5.32 Å². The predicted octanol–water partition coefficient (Wildman–Crippen LogP) is 1.71.